The number of hydrogen-bond donors (Lipinski definition) is 1. The summed E-state index contributed by atoms with van der Waals surface area (Å²) in [6.45, 7) is 1.50. The van der Waals surface area contributed by atoms with Crippen molar-refractivity contribution in [2.24, 2.45) is 0 Å². The second kappa shape index (κ2) is 6.36. The number of aromatic nitrogens is 3. The molecule has 0 bridgehead atoms. The van der Waals surface area contributed by atoms with Gasteiger partial charge in [-0.2, -0.15) is 18.3 Å². The van der Waals surface area contributed by atoms with E-state index in [0.717, 1.165) is 41.0 Å². The fourth-order valence-corrected chi connectivity index (χ4v) is 2.37. The van der Waals surface area contributed by atoms with Crippen molar-refractivity contribution in [2.75, 3.05) is 5.32 Å². The van der Waals surface area contributed by atoms with Crippen molar-refractivity contribution in [3.63, 3.8) is 0 Å². The summed E-state index contributed by atoms with van der Waals surface area (Å²) >= 11 is 0. The number of alkyl halides is 5. The second-order valence-corrected chi connectivity index (χ2v) is 5.45. The van der Waals surface area contributed by atoms with Gasteiger partial charge in [-0.25, -0.2) is 18.3 Å². The van der Waals surface area contributed by atoms with Crippen molar-refractivity contribution >= 4 is 17.2 Å². The SMILES string of the molecule is Cc1cc(C(F)F)n2ncc(C(=O)Nc3ccc(C(F)(F)F)cc3)c2n1. The van der Waals surface area contributed by atoms with Gasteiger partial charge >= 0.3 is 6.18 Å². The Kier molecular flexibility index (Phi) is 4.34. The Balaban J connectivity index is 1.91. The first-order chi connectivity index (χ1) is 12.2. The molecule has 0 saturated carbocycles. The molecule has 0 atom stereocenters. The van der Waals surface area contributed by atoms with Gasteiger partial charge in [-0.05, 0) is 37.3 Å². The van der Waals surface area contributed by atoms with Crippen molar-refractivity contribution < 1.29 is 26.7 Å². The standard InChI is InChI=1S/C16H11F5N4O/c1-8-6-12(13(17)18)25-14(23-8)11(7-22-25)15(26)24-10-4-2-9(3-5-10)16(19,20)21/h2-7,13H,1H3,(H,24,26). The predicted molar refractivity (Wildman–Crippen MR) is 82.1 cm³/mol. The van der Waals surface area contributed by atoms with Gasteiger partial charge in [0.25, 0.3) is 12.3 Å². The number of rotatable bonds is 3. The van der Waals surface area contributed by atoms with Gasteiger partial charge in [0.05, 0.1) is 11.8 Å². The molecule has 10 heteroatoms. The molecule has 26 heavy (non-hydrogen) atoms. The molecule has 1 aromatic carbocycles. The third kappa shape index (κ3) is 3.35. The highest BCUT2D eigenvalue weighted by atomic mass is 19.4. The van der Waals surface area contributed by atoms with Crippen LogP contribution in [-0.2, 0) is 6.18 Å². The summed E-state index contributed by atoms with van der Waals surface area (Å²) in [5, 5.41) is 6.15. The van der Waals surface area contributed by atoms with Crippen LogP contribution in [0.1, 0.15) is 33.7 Å². The summed E-state index contributed by atoms with van der Waals surface area (Å²) in [7, 11) is 0. The minimum Gasteiger partial charge on any atom is -0.322 e. The van der Waals surface area contributed by atoms with Gasteiger partial charge in [-0.1, -0.05) is 0 Å². The molecule has 136 valence electrons. The zero-order valence-electron chi connectivity index (χ0n) is 13.2. The second-order valence-electron chi connectivity index (χ2n) is 5.45. The maximum atomic E-state index is 13.1. The van der Waals surface area contributed by atoms with Crippen LogP contribution in [0.2, 0.25) is 0 Å². The molecular formula is C16H11F5N4O. The van der Waals surface area contributed by atoms with E-state index in [2.05, 4.69) is 15.4 Å². The van der Waals surface area contributed by atoms with E-state index in [1.165, 1.54) is 6.92 Å². The van der Waals surface area contributed by atoms with E-state index in [0.29, 0.717) is 0 Å². The van der Waals surface area contributed by atoms with Gasteiger partial charge < -0.3 is 5.32 Å². The smallest absolute Gasteiger partial charge is 0.322 e. The number of aryl methyl sites for hydroxylation is 1. The Bertz CT molecular complexity index is 963. The monoisotopic (exact) mass is 370 g/mol. The maximum Gasteiger partial charge on any atom is 0.416 e. The lowest BCUT2D eigenvalue weighted by Crippen LogP contribution is -2.13. The molecule has 0 unspecified atom stereocenters. The van der Waals surface area contributed by atoms with Crippen LogP contribution in [0.3, 0.4) is 0 Å². The van der Waals surface area contributed by atoms with Crippen molar-refractivity contribution in [3.8, 4) is 0 Å². The predicted octanol–water partition coefficient (Wildman–Crippen LogP) is 4.25. The van der Waals surface area contributed by atoms with Crippen LogP contribution in [0.15, 0.2) is 36.5 Å². The summed E-state index contributed by atoms with van der Waals surface area (Å²) in [6, 6.07) is 4.99. The number of nitrogens with zero attached hydrogens (tertiary/aromatic N) is 3. The van der Waals surface area contributed by atoms with E-state index in [1.54, 1.807) is 0 Å². The molecule has 1 N–H and O–H groups in total. The van der Waals surface area contributed by atoms with E-state index in [9.17, 15) is 26.7 Å². The van der Waals surface area contributed by atoms with E-state index < -0.39 is 29.8 Å². The first-order valence-corrected chi connectivity index (χ1v) is 7.29. The Morgan fingerprint density at radius 3 is 2.42 bits per heavy atom. The normalized spacial score (nSPS) is 12.0. The minimum atomic E-state index is -4.49. The topological polar surface area (TPSA) is 59.3 Å². The molecule has 0 aliphatic rings. The highest BCUT2D eigenvalue weighted by Crippen LogP contribution is 2.30. The lowest BCUT2D eigenvalue weighted by Gasteiger charge is -2.09. The van der Waals surface area contributed by atoms with E-state index in [-0.39, 0.29) is 22.6 Å². The summed E-state index contributed by atoms with van der Waals surface area (Å²) in [4.78, 5) is 16.4. The first-order valence-electron chi connectivity index (χ1n) is 7.29. The largest absolute Gasteiger partial charge is 0.416 e. The first kappa shape index (κ1) is 17.8. The minimum absolute atomic E-state index is 0.0651. The van der Waals surface area contributed by atoms with Gasteiger partial charge in [-0.3, -0.25) is 4.79 Å². The Labute approximate surface area is 143 Å². The number of halogens is 5. The van der Waals surface area contributed by atoms with Gasteiger partial charge in [0.1, 0.15) is 11.3 Å². The van der Waals surface area contributed by atoms with Crippen molar-refractivity contribution in [3.05, 3.63) is 59.0 Å². The van der Waals surface area contributed by atoms with E-state index >= 15 is 0 Å². The molecule has 3 rings (SSSR count). The number of amides is 1. The Morgan fingerprint density at radius 2 is 1.85 bits per heavy atom. The molecule has 0 saturated heterocycles. The molecule has 3 aromatic rings. The number of nitrogens with one attached hydrogen (secondary N) is 1. The third-order valence-corrected chi connectivity index (χ3v) is 3.57. The van der Waals surface area contributed by atoms with Crippen LogP contribution in [0.4, 0.5) is 27.6 Å². The van der Waals surface area contributed by atoms with Crippen LogP contribution in [0.5, 0.6) is 0 Å². The number of fused-ring (bicyclic) bond motifs is 1. The molecule has 1 amide bonds. The lowest BCUT2D eigenvalue weighted by atomic mass is 10.2. The number of anilines is 1. The third-order valence-electron chi connectivity index (χ3n) is 3.57. The Hall–Kier alpha value is -3.04. The number of benzene rings is 1. The van der Waals surface area contributed by atoms with Crippen LogP contribution in [-0.4, -0.2) is 20.5 Å². The molecule has 0 fully saturated rings. The van der Waals surface area contributed by atoms with Crippen molar-refractivity contribution in [1.82, 2.24) is 14.6 Å². The quantitative estimate of drug-likeness (QED) is 0.702. The van der Waals surface area contributed by atoms with Crippen LogP contribution in [0.25, 0.3) is 5.65 Å². The average Bonchev–Trinajstić information content (AvgIpc) is 2.97. The molecule has 0 aliphatic heterocycles. The Morgan fingerprint density at radius 1 is 1.19 bits per heavy atom. The molecule has 0 spiro atoms. The zero-order valence-corrected chi connectivity index (χ0v) is 13.2. The van der Waals surface area contributed by atoms with E-state index in [4.69, 9.17) is 0 Å². The molecule has 0 radical (unpaired) electrons. The van der Waals surface area contributed by atoms with Crippen LogP contribution in [0, 0.1) is 6.92 Å². The molecule has 5 nitrogen and oxygen atoms in total. The van der Waals surface area contributed by atoms with E-state index in [1.807, 2.05) is 0 Å². The van der Waals surface area contributed by atoms with Gasteiger partial charge in [0.15, 0.2) is 5.65 Å². The average molecular weight is 370 g/mol. The summed E-state index contributed by atoms with van der Waals surface area (Å²) < 4.78 is 64.7. The molecule has 2 heterocycles. The number of hydrogen-bond acceptors (Lipinski definition) is 3. The summed E-state index contributed by atoms with van der Waals surface area (Å²) in [5.41, 5.74) is -1.02. The number of carbonyl (C=O) groups excluding carboxylic acids is 1. The highest BCUT2D eigenvalue weighted by molar-refractivity contribution is 6.08. The fourth-order valence-electron chi connectivity index (χ4n) is 2.37. The zero-order chi connectivity index (χ0) is 19.1. The van der Waals surface area contributed by atoms with Crippen molar-refractivity contribution in [2.45, 2.75) is 19.5 Å². The van der Waals surface area contributed by atoms with Crippen LogP contribution < -0.4 is 5.32 Å². The summed E-state index contributed by atoms with van der Waals surface area (Å²) in [5.74, 6) is -0.724. The van der Waals surface area contributed by atoms with Gasteiger partial charge in [0, 0.05) is 11.4 Å². The highest BCUT2D eigenvalue weighted by Gasteiger charge is 2.30. The molecule has 0 aliphatic carbocycles. The maximum absolute atomic E-state index is 13.1. The van der Waals surface area contributed by atoms with Gasteiger partial charge in [-0.15, -0.1) is 0 Å². The van der Waals surface area contributed by atoms with Gasteiger partial charge in [0.2, 0.25) is 0 Å². The molecule has 2 aromatic heterocycles. The fraction of sp³-hybridized carbons (Fsp3) is 0.188. The number of carbonyl (C=O) groups is 1. The molecular weight excluding hydrogens is 359 g/mol. The van der Waals surface area contributed by atoms with Crippen molar-refractivity contribution in [1.29, 1.82) is 0 Å². The lowest BCUT2D eigenvalue weighted by molar-refractivity contribution is -0.137. The summed E-state index contributed by atoms with van der Waals surface area (Å²) in [6.07, 6.45) is -6.23. The van der Waals surface area contributed by atoms with Crippen LogP contribution >= 0.6 is 0 Å².